The first-order chi connectivity index (χ1) is 13.0. The Morgan fingerprint density at radius 3 is 2.63 bits per heavy atom. The number of nitrogens with zero attached hydrogens (tertiary/aromatic N) is 3. The number of hydrogen-bond acceptors (Lipinski definition) is 5. The van der Waals surface area contributed by atoms with Gasteiger partial charge in [0.1, 0.15) is 5.76 Å². The van der Waals surface area contributed by atoms with E-state index in [1.165, 1.54) is 11.8 Å². The standard InChI is InChI=1S/C21H19N3O2S/c1-13-8-9-19(14(2)10-13)24-20(25)17-6-4-5-7-18(17)22-21(24)27-12-16-11-15(3)26-23-16/h4-11H,12H2,1-3H3. The Kier molecular flexibility index (Phi) is 4.58. The van der Waals surface area contributed by atoms with E-state index < -0.39 is 0 Å². The minimum absolute atomic E-state index is 0.0635. The minimum Gasteiger partial charge on any atom is -0.361 e. The number of hydrogen-bond donors (Lipinski definition) is 0. The molecular formula is C21H19N3O2S. The van der Waals surface area contributed by atoms with Crippen LogP contribution in [0.2, 0.25) is 0 Å². The molecule has 6 heteroatoms. The summed E-state index contributed by atoms with van der Waals surface area (Å²) in [4.78, 5) is 18.0. The SMILES string of the molecule is Cc1ccc(-n2c(SCc3cc(C)on3)nc3ccccc3c2=O)c(C)c1. The maximum atomic E-state index is 13.3. The Labute approximate surface area is 161 Å². The second-order valence-corrected chi connectivity index (χ2v) is 7.50. The molecule has 0 aliphatic heterocycles. The first-order valence-electron chi connectivity index (χ1n) is 8.67. The van der Waals surface area contributed by atoms with Gasteiger partial charge in [0.15, 0.2) is 5.16 Å². The van der Waals surface area contributed by atoms with Gasteiger partial charge in [0, 0.05) is 11.8 Å². The highest BCUT2D eigenvalue weighted by Crippen LogP contribution is 2.26. The molecule has 0 unspecified atom stereocenters. The lowest BCUT2D eigenvalue weighted by molar-refractivity contribution is 0.393. The molecule has 136 valence electrons. The van der Waals surface area contributed by atoms with Crippen LogP contribution in [0.5, 0.6) is 0 Å². The summed E-state index contributed by atoms with van der Waals surface area (Å²) in [6.45, 7) is 5.92. The van der Waals surface area contributed by atoms with Crippen LogP contribution in [0.1, 0.15) is 22.6 Å². The van der Waals surface area contributed by atoms with Gasteiger partial charge in [-0.05, 0) is 44.5 Å². The molecule has 0 saturated carbocycles. The number of benzene rings is 2. The van der Waals surface area contributed by atoms with Crippen LogP contribution in [0.3, 0.4) is 0 Å². The Hall–Kier alpha value is -2.86. The van der Waals surface area contributed by atoms with Gasteiger partial charge in [-0.25, -0.2) is 4.98 Å². The van der Waals surface area contributed by atoms with Crippen LogP contribution in [0, 0.1) is 20.8 Å². The van der Waals surface area contributed by atoms with Crippen LogP contribution in [-0.2, 0) is 5.75 Å². The van der Waals surface area contributed by atoms with Crippen LogP contribution in [0.25, 0.3) is 16.6 Å². The summed E-state index contributed by atoms with van der Waals surface area (Å²) in [5, 5.41) is 5.29. The van der Waals surface area contributed by atoms with Gasteiger partial charge in [-0.15, -0.1) is 0 Å². The maximum Gasteiger partial charge on any atom is 0.266 e. The van der Waals surface area contributed by atoms with Gasteiger partial charge in [-0.2, -0.15) is 0 Å². The molecule has 0 saturated heterocycles. The largest absolute Gasteiger partial charge is 0.361 e. The zero-order valence-corrected chi connectivity index (χ0v) is 16.2. The molecule has 4 aromatic rings. The van der Waals surface area contributed by atoms with Crippen LogP contribution < -0.4 is 5.56 Å². The first kappa shape index (κ1) is 17.5. The fourth-order valence-electron chi connectivity index (χ4n) is 3.10. The van der Waals surface area contributed by atoms with Gasteiger partial charge in [0.05, 0.1) is 22.3 Å². The Balaban J connectivity index is 1.88. The molecule has 0 amide bonds. The van der Waals surface area contributed by atoms with Crippen molar-refractivity contribution in [3.05, 3.63) is 81.5 Å². The van der Waals surface area contributed by atoms with E-state index in [-0.39, 0.29) is 5.56 Å². The summed E-state index contributed by atoms with van der Waals surface area (Å²) in [7, 11) is 0. The van der Waals surface area contributed by atoms with E-state index in [0.717, 1.165) is 28.3 Å². The molecule has 2 aromatic heterocycles. The van der Waals surface area contributed by atoms with E-state index in [0.29, 0.717) is 21.8 Å². The third-order valence-corrected chi connectivity index (χ3v) is 5.34. The summed E-state index contributed by atoms with van der Waals surface area (Å²) >= 11 is 1.48. The second-order valence-electron chi connectivity index (χ2n) is 6.56. The summed E-state index contributed by atoms with van der Waals surface area (Å²) in [6, 6.07) is 15.4. The molecule has 4 rings (SSSR count). The molecule has 0 N–H and O–H groups in total. The summed E-state index contributed by atoms with van der Waals surface area (Å²) < 4.78 is 6.84. The lowest BCUT2D eigenvalue weighted by Gasteiger charge is -2.15. The summed E-state index contributed by atoms with van der Waals surface area (Å²) in [5.74, 6) is 1.34. The van der Waals surface area contributed by atoms with E-state index in [9.17, 15) is 4.79 Å². The van der Waals surface area contributed by atoms with Gasteiger partial charge in [-0.1, -0.05) is 46.7 Å². The van der Waals surface area contributed by atoms with Crippen molar-refractivity contribution in [2.75, 3.05) is 0 Å². The molecule has 0 radical (unpaired) electrons. The van der Waals surface area contributed by atoms with Gasteiger partial charge in [0.25, 0.3) is 5.56 Å². The summed E-state index contributed by atoms with van der Waals surface area (Å²) in [6.07, 6.45) is 0. The zero-order chi connectivity index (χ0) is 19.0. The molecule has 0 aliphatic carbocycles. The Morgan fingerprint density at radius 1 is 1.07 bits per heavy atom. The molecule has 2 heterocycles. The lowest BCUT2D eigenvalue weighted by Crippen LogP contribution is -2.22. The number of thioether (sulfide) groups is 1. The van der Waals surface area contributed by atoms with Gasteiger partial charge in [0.2, 0.25) is 0 Å². The van der Waals surface area contributed by atoms with Crippen LogP contribution in [-0.4, -0.2) is 14.7 Å². The number of aryl methyl sites for hydroxylation is 3. The highest BCUT2D eigenvalue weighted by molar-refractivity contribution is 7.98. The average molecular weight is 377 g/mol. The lowest BCUT2D eigenvalue weighted by atomic mass is 10.1. The molecule has 27 heavy (non-hydrogen) atoms. The molecule has 2 aromatic carbocycles. The number of rotatable bonds is 4. The third-order valence-electron chi connectivity index (χ3n) is 4.36. The number of aromatic nitrogens is 3. The van der Waals surface area contributed by atoms with Crippen molar-refractivity contribution in [1.82, 2.24) is 14.7 Å². The highest BCUT2D eigenvalue weighted by atomic mass is 32.2. The van der Waals surface area contributed by atoms with Gasteiger partial charge >= 0.3 is 0 Å². The topological polar surface area (TPSA) is 60.9 Å². The normalized spacial score (nSPS) is 11.2. The fourth-order valence-corrected chi connectivity index (χ4v) is 3.99. The predicted octanol–water partition coefficient (Wildman–Crippen LogP) is 4.59. The van der Waals surface area contributed by atoms with Gasteiger partial charge in [-0.3, -0.25) is 9.36 Å². The van der Waals surface area contributed by atoms with Crippen molar-refractivity contribution in [3.8, 4) is 5.69 Å². The van der Waals surface area contributed by atoms with Crippen LogP contribution in [0.15, 0.2) is 63.0 Å². The average Bonchev–Trinajstić information content (AvgIpc) is 3.06. The Bertz CT molecular complexity index is 1190. The second kappa shape index (κ2) is 7.04. The van der Waals surface area contributed by atoms with Crippen LogP contribution >= 0.6 is 11.8 Å². The summed E-state index contributed by atoms with van der Waals surface area (Å²) in [5.41, 5.74) is 4.50. The molecule has 0 fully saturated rings. The molecule has 0 atom stereocenters. The van der Waals surface area contributed by atoms with E-state index in [1.54, 1.807) is 4.57 Å². The van der Waals surface area contributed by atoms with E-state index in [2.05, 4.69) is 11.2 Å². The van der Waals surface area contributed by atoms with Crippen molar-refractivity contribution >= 4 is 22.7 Å². The third kappa shape index (κ3) is 3.40. The predicted molar refractivity (Wildman–Crippen MR) is 108 cm³/mol. The van der Waals surface area contributed by atoms with E-state index >= 15 is 0 Å². The first-order valence-corrected chi connectivity index (χ1v) is 9.66. The minimum atomic E-state index is -0.0635. The van der Waals surface area contributed by atoms with E-state index in [4.69, 9.17) is 9.51 Å². The smallest absolute Gasteiger partial charge is 0.266 e. The molecule has 0 aliphatic rings. The number of para-hydroxylation sites is 1. The molecule has 0 spiro atoms. The molecular weight excluding hydrogens is 358 g/mol. The maximum absolute atomic E-state index is 13.3. The van der Waals surface area contributed by atoms with Crippen LogP contribution in [0.4, 0.5) is 0 Å². The van der Waals surface area contributed by atoms with E-state index in [1.807, 2.05) is 63.2 Å². The van der Waals surface area contributed by atoms with Crippen molar-refractivity contribution < 1.29 is 4.52 Å². The van der Waals surface area contributed by atoms with Crippen molar-refractivity contribution in [2.24, 2.45) is 0 Å². The van der Waals surface area contributed by atoms with Crippen molar-refractivity contribution in [1.29, 1.82) is 0 Å². The number of fused-ring (bicyclic) bond motifs is 1. The fraction of sp³-hybridized carbons (Fsp3) is 0.190. The highest BCUT2D eigenvalue weighted by Gasteiger charge is 2.15. The van der Waals surface area contributed by atoms with Gasteiger partial charge < -0.3 is 4.52 Å². The molecule has 5 nitrogen and oxygen atoms in total. The Morgan fingerprint density at radius 2 is 1.89 bits per heavy atom. The van der Waals surface area contributed by atoms with Crippen molar-refractivity contribution in [2.45, 2.75) is 31.7 Å². The monoisotopic (exact) mass is 377 g/mol. The van der Waals surface area contributed by atoms with Crippen molar-refractivity contribution in [3.63, 3.8) is 0 Å². The zero-order valence-electron chi connectivity index (χ0n) is 15.4. The molecule has 0 bridgehead atoms. The quantitative estimate of drug-likeness (QED) is 0.384.